The molecule has 1 aromatic carbocycles. The Balaban J connectivity index is 1.64. The zero-order valence-corrected chi connectivity index (χ0v) is 18.7. The van der Waals surface area contributed by atoms with Gasteiger partial charge in [0.05, 0.1) is 37.1 Å². The minimum absolute atomic E-state index is 0.0138. The van der Waals surface area contributed by atoms with E-state index in [-0.39, 0.29) is 11.9 Å². The Hall–Kier alpha value is -2.64. The number of carbonyl (C=O) groups is 2. The molecule has 3 aliphatic rings. The molecule has 1 N–H and O–H groups in total. The SMILES string of the molecule is C=CCN1C(=O)N[C@H](c2cc(C)c(C)cc2C)C2=C1CN(CCN1CCOCC1)C2=O. The summed E-state index contributed by atoms with van der Waals surface area (Å²) in [6.45, 7) is 15.5. The molecule has 0 aromatic heterocycles. The Kier molecular flexibility index (Phi) is 6.16. The summed E-state index contributed by atoms with van der Waals surface area (Å²) in [6.07, 6.45) is 1.70. The van der Waals surface area contributed by atoms with Crippen molar-refractivity contribution in [2.24, 2.45) is 0 Å². The third-order valence-corrected chi connectivity index (χ3v) is 6.59. The van der Waals surface area contributed by atoms with Crippen LogP contribution in [0.5, 0.6) is 0 Å². The van der Waals surface area contributed by atoms with Crippen LogP contribution in [0.15, 0.2) is 36.1 Å². The first-order valence-corrected chi connectivity index (χ1v) is 11.0. The van der Waals surface area contributed by atoms with E-state index in [1.54, 1.807) is 11.0 Å². The third kappa shape index (κ3) is 4.12. The number of morpholine rings is 1. The van der Waals surface area contributed by atoms with Crippen molar-refractivity contribution in [1.29, 1.82) is 0 Å². The number of rotatable bonds is 6. The average molecular weight is 425 g/mol. The minimum atomic E-state index is -0.427. The Morgan fingerprint density at radius 1 is 1.10 bits per heavy atom. The average Bonchev–Trinajstić information content (AvgIpc) is 3.08. The van der Waals surface area contributed by atoms with Gasteiger partial charge in [-0.3, -0.25) is 14.6 Å². The first kappa shape index (κ1) is 21.6. The van der Waals surface area contributed by atoms with E-state index in [0.29, 0.717) is 25.2 Å². The monoisotopic (exact) mass is 424 g/mol. The summed E-state index contributed by atoms with van der Waals surface area (Å²) in [6, 6.07) is 3.63. The molecule has 7 heteroatoms. The lowest BCUT2D eigenvalue weighted by atomic mass is 9.90. The fourth-order valence-corrected chi connectivity index (χ4v) is 4.67. The van der Waals surface area contributed by atoms with Crippen LogP contribution in [0.3, 0.4) is 0 Å². The van der Waals surface area contributed by atoms with Gasteiger partial charge in [-0.2, -0.15) is 0 Å². The molecule has 166 valence electrons. The zero-order chi connectivity index (χ0) is 22.1. The molecule has 3 aliphatic heterocycles. The number of ether oxygens (including phenoxy) is 1. The van der Waals surface area contributed by atoms with E-state index in [9.17, 15) is 9.59 Å². The second-order valence-electron chi connectivity index (χ2n) is 8.62. The van der Waals surface area contributed by atoms with Crippen LogP contribution >= 0.6 is 0 Å². The van der Waals surface area contributed by atoms with Crippen molar-refractivity contribution in [3.05, 3.63) is 58.3 Å². The van der Waals surface area contributed by atoms with Gasteiger partial charge in [0, 0.05) is 32.7 Å². The van der Waals surface area contributed by atoms with Gasteiger partial charge in [-0.1, -0.05) is 18.2 Å². The van der Waals surface area contributed by atoms with Gasteiger partial charge in [0.25, 0.3) is 5.91 Å². The number of nitrogens with zero attached hydrogens (tertiary/aromatic N) is 3. The Morgan fingerprint density at radius 3 is 2.52 bits per heavy atom. The van der Waals surface area contributed by atoms with Gasteiger partial charge in [0.2, 0.25) is 0 Å². The number of hydrogen-bond donors (Lipinski definition) is 1. The van der Waals surface area contributed by atoms with Crippen molar-refractivity contribution in [2.75, 3.05) is 52.5 Å². The normalized spacial score (nSPS) is 22.1. The van der Waals surface area contributed by atoms with Gasteiger partial charge in [-0.25, -0.2) is 4.79 Å². The number of hydrogen-bond acceptors (Lipinski definition) is 4. The van der Waals surface area contributed by atoms with Crippen LogP contribution in [0, 0.1) is 20.8 Å². The van der Waals surface area contributed by atoms with Gasteiger partial charge in [0.15, 0.2) is 0 Å². The lowest BCUT2D eigenvalue weighted by Gasteiger charge is -2.33. The first-order valence-electron chi connectivity index (χ1n) is 11.0. The maximum Gasteiger partial charge on any atom is 0.322 e. The fourth-order valence-electron chi connectivity index (χ4n) is 4.67. The molecular weight excluding hydrogens is 392 g/mol. The molecule has 0 spiro atoms. The van der Waals surface area contributed by atoms with Crippen LogP contribution in [-0.4, -0.2) is 79.1 Å². The van der Waals surface area contributed by atoms with Gasteiger partial charge in [-0.05, 0) is 43.0 Å². The van der Waals surface area contributed by atoms with Gasteiger partial charge >= 0.3 is 6.03 Å². The predicted molar refractivity (Wildman–Crippen MR) is 120 cm³/mol. The number of aryl methyl sites for hydroxylation is 3. The highest BCUT2D eigenvalue weighted by Gasteiger charge is 2.44. The highest BCUT2D eigenvalue weighted by molar-refractivity contribution is 6.01. The maximum absolute atomic E-state index is 13.5. The molecule has 1 saturated heterocycles. The van der Waals surface area contributed by atoms with Crippen molar-refractivity contribution in [2.45, 2.75) is 26.8 Å². The lowest BCUT2D eigenvalue weighted by molar-refractivity contribution is -0.126. The quantitative estimate of drug-likeness (QED) is 0.712. The van der Waals surface area contributed by atoms with Crippen LogP contribution in [0.2, 0.25) is 0 Å². The van der Waals surface area contributed by atoms with Crippen molar-refractivity contribution < 1.29 is 14.3 Å². The van der Waals surface area contributed by atoms with E-state index in [1.165, 1.54) is 5.56 Å². The summed E-state index contributed by atoms with van der Waals surface area (Å²) in [5.41, 5.74) is 5.92. The Labute approximate surface area is 184 Å². The number of benzene rings is 1. The summed E-state index contributed by atoms with van der Waals surface area (Å²) in [5, 5.41) is 3.09. The molecule has 1 atom stereocenters. The van der Waals surface area contributed by atoms with Crippen LogP contribution < -0.4 is 5.32 Å². The molecule has 0 radical (unpaired) electrons. The topological polar surface area (TPSA) is 65.1 Å². The fraction of sp³-hybridized carbons (Fsp3) is 0.500. The van der Waals surface area contributed by atoms with E-state index in [1.807, 2.05) is 11.8 Å². The minimum Gasteiger partial charge on any atom is -0.379 e. The van der Waals surface area contributed by atoms with Crippen LogP contribution in [0.4, 0.5) is 4.79 Å². The summed E-state index contributed by atoms with van der Waals surface area (Å²) in [5.74, 6) is 0.0138. The first-order chi connectivity index (χ1) is 14.9. The summed E-state index contributed by atoms with van der Waals surface area (Å²) >= 11 is 0. The number of carbonyl (C=O) groups excluding carboxylic acids is 2. The van der Waals surface area contributed by atoms with Gasteiger partial charge < -0.3 is 15.0 Å². The molecule has 0 bridgehead atoms. The van der Waals surface area contributed by atoms with Crippen LogP contribution in [0.1, 0.15) is 28.3 Å². The van der Waals surface area contributed by atoms with E-state index in [4.69, 9.17) is 4.74 Å². The van der Waals surface area contributed by atoms with Crippen LogP contribution in [-0.2, 0) is 9.53 Å². The standard InChI is InChI=1S/C24H32N4O3/c1-5-6-28-20-15-27(8-7-26-9-11-31-12-10-26)23(29)21(20)22(25-24(28)30)19-14-17(3)16(2)13-18(19)4/h5,13-14,22H,1,6-12,15H2,2-4H3,(H,25,30)/t22-/m1/s1. The third-order valence-electron chi connectivity index (χ3n) is 6.59. The number of nitrogens with one attached hydrogen (secondary N) is 1. The molecule has 31 heavy (non-hydrogen) atoms. The number of urea groups is 1. The lowest BCUT2D eigenvalue weighted by Crippen LogP contribution is -2.47. The van der Waals surface area contributed by atoms with E-state index >= 15 is 0 Å². The summed E-state index contributed by atoms with van der Waals surface area (Å²) < 4.78 is 5.42. The molecule has 0 unspecified atom stereocenters. The summed E-state index contributed by atoms with van der Waals surface area (Å²) in [4.78, 5) is 32.4. The molecule has 0 aliphatic carbocycles. The Bertz CT molecular complexity index is 933. The highest BCUT2D eigenvalue weighted by atomic mass is 16.5. The van der Waals surface area contributed by atoms with E-state index in [2.05, 4.69) is 42.8 Å². The van der Waals surface area contributed by atoms with E-state index in [0.717, 1.165) is 55.2 Å². The highest BCUT2D eigenvalue weighted by Crippen LogP contribution is 2.37. The molecule has 7 nitrogen and oxygen atoms in total. The maximum atomic E-state index is 13.5. The molecular formula is C24H32N4O3. The second kappa shape index (κ2) is 8.85. The molecule has 4 rings (SSSR count). The molecule has 3 heterocycles. The molecule has 1 aromatic rings. The summed E-state index contributed by atoms with van der Waals surface area (Å²) in [7, 11) is 0. The smallest absolute Gasteiger partial charge is 0.322 e. The van der Waals surface area contributed by atoms with Crippen molar-refractivity contribution in [3.63, 3.8) is 0 Å². The largest absolute Gasteiger partial charge is 0.379 e. The van der Waals surface area contributed by atoms with Gasteiger partial charge in [-0.15, -0.1) is 6.58 Å². The van der Waals surface area contributed by atoms with Gasteiger partial charge in [0.1, 0.15) is 0 Å². The van der Waals surface area contributed by atoms with Crippen molar-refractivity contribution in [3.8, 4) is 0 Å². The molecule has 0 saturated carbocycles. The van der Waals surface area contributed by atoms with E-state index < -0.39 is 6.04 Å². The molecule has 1 fully saturated rings. The molecule has 3 amide bonds. The second-order valence-corrected chi connectivity index (χ2v) is 8.62. The Morgan fingerprint density at radius 2 is 1.81 bits per heavy atom. The number of amides is 3. The zero-order valence-electron chi connectivity index (χ0n) is 18.7. The van der Waals surface area contributed by atoms with Crippen molar-refractivity contribution in [1.82, 2.24) is 20.0 Å². The van der Waals surface area contributed by atoms with Crippen molar-refractivity contribution >= 4 is 11.9 Å². The van der Waals surface area contributed by atoms with Crippen LogP contribution in [0.25, 0.3) is 0 Å². The predicted octanol–water partition coefficient (Wildman–Crippen LogP) is 2.29.